The summed E-state index contributed by atoms with van der Waals surface area (Å²) in [5.41, 5.74) is -0.739. The number of ether oxygens (including phenoxy) is 2. The van der Waals surface area contributed by atoms with E-state index in [1.165, 1.54) is 0 Å². The molecular formula is C15H20INO3. The summed E-state index contributed by atoms with van der Waals surface area (Å²) in [4.78, 5) is 11.8. The van der Waals surface area contributed by atoms with Gasteiger partial charge in [0.05, 0.1) is 9.11 Å². The fraction of sp³-hybridized carbons (Fsp3) is 0.533. The predicted molar refractivity (Wildman–Crippen MR) is 86.0 cm³/mol. The van der Waals surface area contributed by atoms with Crippen molar-refractivity contribution in [2.75, 3.05) is 6.61 Å². The number of nitrogens with one attached hydrogen (secondary N) is 1. The Balaban J connectivity index is 1.87. The highest BCUT2D eigenvalue weighted by molar-refractivity contribution is 14.1. The molecule has 0 aromatic heterocycles. The van der Waals surface area contributed by atoms with Gasteiger partial charge in [-0.2, -0.15) is 0 Å². The zero-order chi connectivity index (χ0) is 14.8. The third kappa shape index (κ3) is 4.54. The topological polar surface area (TPSA) is 47.6 Å². The molecule has 5 heteroatoms. The number of alkyl carbamates (subject to hydrolysis) is 1. The molecule has 0 unspecified atom stereocenters. The van der Waals surface area contributed by atoms with Crippen LogP contribution in [-0.4, -0.2) is 23.8 Å². The molecule has 20 heavy (non-hydrogen) atoms. The van der Waals surface area contributed by atoms with E-state index in [-0.39, 0.29) is 11.6 Å². The van der Waals surface area contributed by atoms with Crippen LogP contribution in [0.5, 0.6) is 5.75 Å². The maximum Gasteiger partial charge on any atom is 0.408 e. The predicted octanol–water partition coefficient (Wildman–Crippen LogP) is 3.73. The third-order valence-electron chi connectivity index (χ3n) is 2.96. The van der Waals surface area contributed by atoms with Gasteiger partial charge in [-0.3, -0.25) is 0 Å². The number of para-hydroxylation sites is 1. The van der Waals surface area contributed by atoms with Gasteiger partial charge in [0.1, 0.15) is 18.0 Å². The van der Waals surface area contributed by atoms with E-state index < -0.39 is 5.60 Å². The third-order valence-corrected chi connectivity index (χ3v) is 3.85. The van der Waals surface area contributed by atoms with Crippen molar-refractivity contribution in [2.45, 2.75) is 44.8 Å². The molecule has 0 saturated heterocycles. The van der Waals surface area contributed by atoms with Crippen LogP contribution in [0.15, 0.2) is 24.3 Å². The Morgan fingerprint density at radius 1 is 1.35 bits per heavy atom. The number of carbonyl (C=O) groups excluding carboxylic acids is 1. The van der Waals surface area contributed by atoms with Gasteiger partial charge in [0.25, 0.3) is 0 Å². The summed E-state index contributed by atoms with van der Waals surface area (Å²) < 4.78 is 12.2. The molecule has 1 saturated carbocycles. The van der Waals surface area contributed by atoms with Crippen molar-refractivity contribution in [3.05, 3.63) is 27.8 Å². The van der Waals surface area contributed by atoms with E-state index in [1.54, 1.807) is 0 Å². The molecule has 1 aromatic rings. The molecular weight excluding hydrogens is 369 g/mol. The van der Waals surface area contributed by atoms with Crippen LogP contribution < -0.4 is 10.1 Å². The first-order valence-corrected chi connectivity index (χ1v) is 7.76. The Morgan fingerprint density at radius 2 is 2.00 bits per heavy atom. The van der Waals surface area contributed by atoms with Crippen LogP contribution >= 0.6 is 22.6 Å². The van der Waals surface area contributed by atoms with Crippen LogP contribution in [0, 0.1) is 3.57 Å². The van der Waals surface area contributed by atoms with E-state index in [9.17, 15) is 4.79 Å². The van der Waals surface area contributed by atoms with Crippen molar-refractivity contribution in [1.29, 1.82) is 0 Å². The van der Waals surface area contributed by atoms with Crippen LogP contribution in [0.1, 0.15) is 33.6 Å². The van der Waals surface area contributed by atoms with Crippen molar-refractivity contribution in [1.82, 2.24) is 5.32 Å². The van der Waals surface area contributed by atoms with Crippen LogP contribution in [0.3, 0.4) is 0 Å². The summed E-state index contributed by atoms with van der Waals surface area (Å²) in [6.07, 6.45) is 1.48. The first kappa shape index (κ1) is 15.4. The Morgan fingerprint density at radius 3 is 2.55 bits per heavy atom. The molecule has 0 heterocycles. The molecule has 1 aliphatic carbocycles. The molecule has 110 valence electrons. The summed E-state index contributed by atoms with van der Waals surface area (Å²) in [5.74, 6) is 0.852. The number of halogens is 1. The fourth-order valence-electron chi connectivity index (χ4n) is 1.75. The summed E-state index contributed by atoms with van der Waals surface area (Å²) in [6, 6.07) is 7.85. The molecule has 1 aliphatic rings. The molecule has 0 aliphatic heterocycles. The number of hydrogen-bond acceptors (Lipinski definition) is 3. The number of amides is 1. The second kappa shape index (κ2) is 5.79. The normalized spacial score (nSPS) is 16.4. The van der Waals surface area contributed by atoms with E-state index in [2.05, 4.69) is 27.9 Å². The zero-order valence-electron chi connectivity index (χ0n) is 12.0. The van der Waals surface area contributed by atoms with E-state index >= 15 is 0 Å². The Bertz CT molecular complexity index is 492. The van der Waals surface area contributed by atoms with Crippen molar-refractivity contribution >= 4 is 28.7 Å². The Hall–Kier alpha value is -0.980. The second-order valence-electron chi connectivity index (χ2n) is 6.13. The molecule has 0 radical (unpaired) electrons. The van der Waals surface area contributed by atoms with Crippen LogP contribution in [-0.2, 0) is 4.74 Å². The van der Waals surface area contributed by atoms with Gasteiger partial charge < -0.3 is 14.8 Å². The quantitative estimate of drug-likeness (QED) is 0.799. The van der Waals surface area contributed by atoms with E-state index in [0.717, 1.165) is 22.2 Å². The zero-order valence-corrected chi connectivity index (χ0v) is 14.2. The average molecular weight is 389 g/mol. The van der Waals surface area contributed by atoms with Gasteiger partial charge in [0.15, 0.2) is 0 Å². The van der Waals surface area contributed by atoms with Gasteiger partial charge in [0.2, 0.25) is 0 Å². The maximum absolute atomic E-state index is 11.8. The molecule has 4 nitrogen and oxygen atoms in total. The minimum atomic E-state index is -0.476. The number of carbonyl (C=O) groups is 1. The first-order chi connectivity index (χ1) is 9.30. The molecule has 1 amide bonds. The van der Waals surface area contributed by atoms with Gasteiger partial charge in [-0.05, 0) is 68.3 Å². The van der Waals surface area contributed by atoms with Gasteiger partial charge in [0, 0.05) is 0 Å². The molecule has 2 rings (SSSR count). The highest BCUT2D eigenvalue weighted by Crippen LogP contribution is 2.36. The van der Waals surface area contributed by atoms with E-state index in [1.807, 2.05) is 45.0 Å². The van der Waals surface area contributed by atoms with Crippen molar-refractivity contribution in [2.24, 2.45) is 0 Å². The standard InChI is InChI=1S/C15H20INO3/c1-14(2,3)20-13(18)17-15(8-9-15)10-19-12-7-5-4-6-11(12)16/h4-7H,8-10H2,1-3H3,(H,17,18). The summed E-state index contributed by atoms with van der Waals surface area (Å²) in [5, 5.41) is 2.93. The average Bonchev–Trinajstić information content (AvgIpc) is 3.05. The lowest BCUT2D eigenvalue weighted by Crippen LogP contribution is -2.44. The van der Waals surface area contributed by atoms with Gasteiger partial charge in [-0.1, -0.05) is 12.1 Å². The second-order valence-corrected chi connectivity index (χ2v) is 7.29. The molecule has 0 bridgehead atoms. The van der Waals surface area contributed by atoms with Crippen LogP contribution in [0.4, 0.5) is 4.79 Å². The molecule has 0 atom stereocenters. The SMILES string of the molecule is CC(C)(C)OC(=O)NC1(COc2ccccc2I)CC1. The van der Waals surface area contributed by atoms with Gasteiger partial charge in [-0.15, -0.1) is 0 Å². The van der Waals surface area contributed by atoms with E-state index in [4.69, 9.17) is 9.47 Å². The lowest BCUT2D eigenvalue weighted by Gasteiger charge is -2.23. The largest absolute Gasteiger partial charge is 0.490 e. The van der Waals surface area contributed by atoms with Crippen molar-refractivity contribution in [3.8, 4) is 5.75 Å². The van der Waals surface area contributed by atoms with Crippen molar-refractivity contribution < 1.29 is 14.3 Å². The monoisotopic (exact) mass is 389 g/mol. The fourth-order valence-corrected chi connectivity index (χ4v) is 2.30. The van der Waals surface area contributed by atoms with Gasteiger partial charge in [-0.25, -0.2) is 4.79 Å². The van der Waals surface area contributed by atoms with Crippen molar-refractivity contribution in [3.63, 3.8) is 0 Å². The number of benzene rings is 1. The number of hydrogen-bond donors (Lipinski definition) is 1. The van der Waals surface area contributed by atoms with E-state index in [0.29, 0.717) is 6.61 Å². The molecule has 1 N–H and O–H groups in total. The Kier molecular flexibility index (Phi) is 4.46. The maximum atomic E-state index is 11.8. The van der Waals surface area contributed by atoms with Crippen LogP contribution in [0.25, 0.3) is 0 Å². The molecule has 1 fully saturated rings. The summed E-state index contributed by atoms with van der Waals surface area (Å²) >= 11 is 2.24. The smallest absolute Gasteiger partial charge is 0.408 e. The molecule has 1 aromatic carbocycles. The van der Waals surface area contributed by atoms with Crippen LogP contribution in [0.2, 0.25) is 0 Å². The van der Waals surface area contributed by atoms with Gasteiger partial charge >= 0.3 is 6.09 Å². The number of rotatable bonds is 4. The lowest BCUT2D eigenvalue weighted by molar-refractivity contribution is 0.0477. The summed E-state index contributed by atoms with van der Waals surface area (Å²) in [7, 11) is 0. The molecule has 0 spiro atoms. The Labute approximate surface area is 133 Å². The highest BCUT2D eigenvalue weighted by atomic mass is 127. The first-order valence-electron chi connectivity index (χ1n) is 6.68. The minimum absolute atomic E-state index is 0.263. The summed E-state index contributed by atoms with van der Waals surface area (Å²) in [6.45, 7) is 6.05. The minimum Gasteiger partial charge on any atom is -0.490 e. The highest BCUT2D eigenvalue weighted by Gasteiger charge is 2.46. The lowest BCUT2D eigenvalue weighted by atomic mass is 10.2.